The van der Waals surface area contributed by atoms with Crippen LogP contribution in [0.25, 0.3) is 11.1 Å². The maximum Gasteiger partial charge on any atom is 0.147 e. The number of hydrogen-bond acceptors (Lipinski definition) is 2. The van der Waals surface area contributed by atoms with E-state index in [1.54, 1.807) is 12.4 Å². The summed E-state index contributed by atoms with van der Waals surface area (Å²) >= 11 is 11.7. The lowest BCUT2D eigenvalue weighted by Crippen LogP contribution is -1.90. The van der Waals surface area contributed by atoms with E-state index in [0.717, 1.165) is 17.5 Å². The Bertz CT molecular complexity index is 512. The first-order chi connectivity index (χ1) is 7.72. The molecule has 2 aromatic heterocycles. The van der Waals surface area contributed by atoms with Crippen molar-refractivity contribution in [2.45, 2.75) is 13.3 Å². The molecule has 0 N–H and O–H groups in total. The fraction of sp³-hybridized carbons (Fsp3) is 0.167. The first kappa shape index (κ1) is 11.4. The Hall–Kier alpha value is -1.12. The topological polar surface area (TPSA) is 25.8 Å². The lowest BCUT2D eigenvalue weighted by atomic mass is 10.0. The number of aryl methyl sites for hydroxylation is 1. The highest BCUT2D eigenvalue weighted by Gasteiger charge is 2.06. The molecule has 2 aromatic rings. The third-order valence-corrected chi connectivity index (χ3v) is 3.08. The number of halogens is 2. The second kappa shape index (κ2) is 4.81. The van der Waals surface area contributed by atoms with Crippen LogP contribution in [0, 0.1) is 0 Å². The van der Waals surface area contributed by atoms with Crippen molar-refractivity contribution in [2.24, 2.45) is 0 Å². The minimum atomic E-state index is 0.331. The van der Waals surface area contributed by atoms with Gasteiger partial charge in [0.15, 0.2) is 0 Å². The van der Waals surface area contributed by atoms with Gasteiger partial charge in [-0.2, -0.15) is 0 Å². The third-order valence-electron chi connectivity index (χ3n) is 2.39. The van der Waals surface area contributed by atoms with Gasteiger partial charge < -0.3 is 0 Å². The van der Waals surface area contributed by atoms with Gasteiger partial charge in [-0.05, 0) is 29.7 Å². The first-order valence-corrected chi connectivity index (χ1v) is 5.72. The average molecular weight is 253 g/mol. The van der Waals surface area contributed by atoms with Crippen molar-refractivity contribution in [1.82, 2.24) is 9.97 Å². The van der Waals surface area contributed by atoms with Crippen molar-refractivity contribution < 1.29 is 0 Å². The van der Waals surface area contributed by atoms with Gasteiger partial charge in [0.25, 0.3) is 0 Å². The number of pyridine rings is 2. The van der Waals surface area contributed by atoms with E-state index in [2.05, 4.69) is 16.9 Å². The van der Waals surface area contributed by atoms with Crippen LogP contribution in [0.4, 0.5) is 0 Å². The zero-order chi connectivity index (χ0) is 11.5. The van der Waals surface area contributed by atoms with E-state index in [0.29, 0.717) is 10.2 Å². The highest BCUT2D eigenvalue weighted by Crippen LogP contribution is 2.28. The van der Waals surface area contributed by atoms with Gasteiger partial charge in [0.1, 0.15) is 5.15 Å². The van der Waals surface area contributed by atoms with Crippen LogP contribution < -0.4 is 0 Å². The van der Waals surface area contributed by atoms with Gasteiger partial charge in [-0.3, -0.25) is 4.98 Å². The summed E-state index contributed by atoms with van der Waals surface area (Å²) in [5.41, 5.74) is 3.24. The normalized spacial score (nSPS) is 10.4. The molecule has 0 aromatic carbocycles. The molecule has 0 aliphatic carbocycles. The number of hydrogen-bond donors (Lipinski definition) is 0. The fourth-order valence-electron chi connectivity index (χ4n) is 1.56. The largest absolute Gasteiger partial charge is 0.264 e. The molecular formula is C12H10Cl2N2. The Labute approximate surface area is 104 Å². The Balaban J connectivity index is 2.54. The first-order valence-electron chi connectivity index (χ1n) is 4.96. The van der Waals surface area contributed by atoms with Crippen LogP contribution >= 0.6 is 23.2 Å². The van der Waals surface area contributed by atoms with Crippen LogP contribution in [0.15, 0.2) is 30.7 Å². The van der Waals surface area contributed by atoms with Crippen molar-refractivity contribution >= 4 is 23.2 Å². The Kier molecular flexibility index (Phi) is 3.42. The summed E-state index contributed by atoms with van der Waals surface area (Å²) in [4.78, 5) is 8.15. The smallest absolute Gasteiger partial charge is 0.147 e. The zero-order valence-electron chi connectivity index (χ0n) is 8.74. The summed E-state index contributed by atoms with van der Waals surface area (Å²) < 4.78 is 0. The minimum Gasteiger partial charge on any atom is -0.264 e. The highest BCUT2D eigenvalue weighted by molar-refractivity contribution is 6.41. The molecule has 0 bridgehead atoms. The van der Waals surface area contributed by atoms with Crippen molar-refractivity contribution in [3.05, 3.63) is 46.5 Å². The van der Waals surface area contributed by atoms with Gasteiger partial charge >= 0.3 is 0 Å². The molecule has 0 atom stereocenters. The van der Waals surface area contributed by atoms with E-state index in [4.69, 9.17) is 23.2 Å². The average Bonchev–Trinajstić information content (AvgIpc) is 2.32. The van der Waals surface area contributed by atoms with E-state index < -0.39 is 0 Å². The number of aromatic nitrogens is 2. The van der Waals surface area contributed by atoms with E-state index in [1.807, 2.05) is 18.3 Å². The molecule has 16 heavy (non-hydrogen) atoms. The van der Waals surface area contributed by atoms with Gasteiger partial charge in [0.05, 0.1) is 5.02 Å². The maximum absolute atomic E-state index is 5.95. The quantitative estimate of drug-likeness (QED) is 0.755. The standard InChI is InChI=1S/C12H10Cl2N2/c1-2-8-6-15-4-3-10(8)9-5-11(13)12(14)16-7-9/h3-7H,2H2,1H3. The molecule has 0 aliphatic heterocycles. The van der Waals surface area contributed by atoms with E-state index in [-0.39, 0.29) is 0 Å². The molecule has 0 fully saturated rings. The molecule has 82 valence electrons. The second-order valence-corrected chi connectivity index (χ2v) is 4.15. The number of rotatable bonds is 2. The van der Waals surface area contributed by atoms with Gasteiger partial charge in [0.2, 0.25) is 0 Å². The molecule has 2 heterocycles. The lowest BCUT2D eigenvalue weighted by molar-refractivity contribution is 1.10. The molecule has 0 radical (unpaired) electrons. The summed E-state index contributed by atoms with van der Waals surface area (Å²) in [7, 11) is 0. The molecule has 0 spiro atoms. The summed E-state index contributed by atoms with van der Waals surface area (Å²) in [5, 5.41) is 0.801. The van der Waals surface area contributed by atoms with Gasteiger partial charge in [-0.15, -0.1) is 0 Å². The summed E-state index contributed by atoms with van der Waals surface area (Å²) in [6.45, 7) is 2.09. The van der Waals surface area contributed by atoms with E-state index in [1.165, 1.54) is 5.56 Å². The van der Waals surface area contributed by atoms with E-state index in [9.17, 15) is 0 Å². The molecule has 2 nitrogen and oxygen atoms in total. The Morgan fingerprint density at radius 1 is 1.25 bits per heavy atom. The molecule has 4 heteroatoms. The van der Waals surface area contributed by atoms with Gasteiger partial charge in [0, 0.05) is 24.2 Å². The highest BCUT2D eigenvalue weighted by atomic mass is 35.5. The van der Waals surface area contributed by atoms with Crippen LogP contribution in [0.3, 0.4) is 0 Å². The SMILES string of the molecule is CCc1cnccc1-c1cnc(Cl)c(Cl)c1. The predicted molar refractivity (Wildman–Crippen MR) is 66.9 cm³/mol. The van der Waals surface area contributed by atoms with Crippen molar-refractivity contribution in [2.75, 3.05) is 0 Å². The zero-order valence-corrected chi connectivity index (χ0v) is 10.3. The van der Waals surface area contributed by atoms with Crippen LogP contribution in [-0.4, -0.2) is 9.97 Å². The monoisotopic (exact) mass is 252 g/mol. The van der Waals surface area contributed by atoms with Crippen LogP contribution in [-0.2, 0) is 6.42 Å². The Morgan fingerprint density at radius 3 is 2.75 bits per heavy atom. The molecule has 0 aliphatic rings. The minimum absolute atomic E-state index is 0.331. The fourth-order valence-corrected chi connectivity index (χ4v) is 1.83. The van der Waals surface area contributed by atoms with E-state index >= 15 is 0 Å². The number of nitrogens with zero attached hydrogens (tertiary/aromatic N) is 2. The van der Waals surface area contributed by atoms with Crippen molar-refractivity contribution in [3.8, 4) is 11.1 Å². The van der Waals surface area contributed by atoms with Crippen LogP contribution in [0.1, 0.15) is 12.5 Å². The Morgan fingerprint density at radius 2 is 2.06 bits per heavy atom. The second-order valence-electron chi connectivity index (χ2n) is 3.38. The summed E-state index contributed by atoms with van der Waals surface area (Å²) in [5.74, 6) is 0. The molecular weight excluding hydrogens is 243 g/mol. The summed E-state index contributed by atoms with van der Waals surface area (Å²) in [6.07, 6.45) is 6.26. The van der Waals surface area contributed by atoms with Crippen LogP contribution in [0.2, 0.25) is 10.2 Å². The molecule has 0 unspecified atom stereocenters. The lowest BCUT2D eigenvalue weighted by Gasteiger charge is -2.07. The molecule has 2 rings (SSSR count). The van der Waals surface area contributed by atoms with Gasteiger partial charge in [-0.25, -0.2) is 4.98 Å². The maximum atomic E-state index is 5.95. The van der Waals surface area contributed by atoms with Crippen molar-refractivity contribution in [3.63, 3.8) is 0 Å². The van der Waals surface area contributed by atoms with Crippen LogP contribution in [0.5, 0.6) is 0 Å². The van der Waals surface area contributed by atoms with Gasteiger partial charge in [-0.1, -0.05) is 30.1 Å². The molecule has 0 saturated heterocycles. The molecule has 0 saturated carbocycles. The third kappa shape index (κ3) is 2.18. The van der Waals surface area contributed by atoms with Crippen molar-refractivity contribution in [1.29, 1.82) is 0 Å². The molecule has 0 amide bonds. The predicted octanol–water partition coefficient (Wildman–Crippen LogP) is 4.01. The summed E-state index contributed by atoms with van der Waals surface area (Å²) in [6, 6.07) is 3.78.